The molecule has 3 rings (SSSR count). The molecular formula is C18H15N3O4. The van der Waals surface area contributed by atoms with Crippen LogP contribution in [0.3, 0.4) is 0 Å². The Labute approximate surface area is 143 Å². The quantitative estimate of drug-likeness (QED) is 0.254. The van der Waals surface area contributed by atoms with E-state index in [-0.39, 0.29) is 11.3 Å². The van der Waals surface area contributed by atoms with Gasteiger partial charge in [0.15, 0.2) is 11.5 Å². The molecule has 0 aliphatic rings. The number of carbonyl (C=O) groups excluding carboxylic acids is 1. The fourth-order valence-electron chi connectivity index (χ4n) is 2.29. The normalized spacial score (nSPS) is 10.9. The third-order valence-corrected chi connectivity index (χ3v) is 3.52. The first kappa shape index (κ1) is 16.1. The summed E-state index contributed by atoms with van der Waals surface area (Å²) in [5, 5.41) is 32.2. The summed E-state index contributed by atoms with van der Waals surface area (Å²) in [6.45, 7) is 0. The summed E-state index contributed by atoms with van der Waals surface area (Å²) in [5.74, 6) is -1.55. The molecule has 2 aromatic carbocycles. The lowest BCUT2D eigenvalue weighted by atomic mass is 10.1. The molecule has 0 atom stereocenters. The van der Waals surface area contributed by atoms with Gasteiger partial charge in [0, 0.05) is 24.0 Å². The molecule has 7 nitrogen and oxygen atoms in total. The molecule has 0 aliphatic heterocycles. The van der Waals surface area contributed by atoms with E-state index >= 15 is 0 Å². The van der Waals surface area contributed by atoms with Crippen molar-refractivity contribution >= 4 is 12.1 Å². The van der Waals surface area contributed by atoms with Crippen LogP contribution in [0, 0.1) is 0 Å². The summed E-state index contributed by atoms with van der Waals surface area (Å²) in [6, 6.07) is 12.9. The maximum absolute atomic E-state index is 12.4. The van der Waals surface area contributed by atoms with Gasteiger partial charge in [0.25, 0.3) is 5.91 Å². The molecule has 4 N–H and O–H groups in total. The largest absolute Gasteiger partial charge is 0.507 e. The number of carbonyl (C=O) groups is 1. The fourth-order valence-corrected chi connectivity index (χ4v) is 2.29. The van der Waals surface area contributed by atoms with Crippen LogP contribution in [0.15, 0.2) is 66.0 Å². The Balaban J connectivity index is 1.79. The smallest absolute Gasteiger partial charge is 0.273 e. The predicted molar refractivity (Wildman–Crippen MR) is 92.3 cm³/mol. The van der Waals surface area contributed by atoms with Gasteiger partial charge in [-0.1, -0.05) is 12.1 Å². The van der Waals surface area contributed by atoms with Gasteiger partial charge in [-0.05, 0) is 30.3 Å². The molecule has 3 aromatic rings. The molecule has 0 fully saturated rings. The number of rotatable bonds is 4. The molecule has 1 amide bonds. The SMILES string of the molecule is O=C(N/N=C/c1cc(O)c(O)cc1O)c1ccccc1-n1cccc1. The molecule has 0 saturated carbocycles. The van der Waals surface area contributed by atoms with Crippen molar-refractivity contribution in [2.45, 2.75) is 0 Å². The standard InChI is InChI=1S/C18H15N3O4/c22-15-10-17(24)16(23)9-12(15)11-19-20-18(25)13-5-1-2-6-14(13)21-7-3-4-8-21/h1-11,22-24H,(H,20,25)/b19-11+. The topological polar surface area (TPSA) is 107 Å². The number of aromatic nitrogens is 1. The van der Waals surface area contributed by atoms with E-state index < -0.39 is 17.4 Å². The maximum atomic E-state index is 12.4. The van der Waals surface area contributed by atoms with Crippen LogP contribution in [0.1, 0.15) is 15.9 Å². The molecule has 0 aliphatic carbocycles. The van der Waals surface area contributed by atoms with Gasteiger partial charge in [-0.25, -0.2) is 5.43 Å². The number of hydrogen-bond acceptors (Lipinski definition) is 5. The Bertz CT molecular complexity index is 933. The molecule has 0 spiro atoms. The number of aromatic hydroxyl groups is 3. The number of nitrogens with one attached hydrogen (secondary N) is 1. The van der Waals surface area contributed by atoms with Gasteiger partial charge in [-0.15, -0.1) is 0 Å². The van der Waals surface area contributed by atoms with Gasteiger partial charge in [0.2, 0.25) is 0 Å². The Hall–Kier alpha value is -3.74. The highest BCUT2D eigenvalue weighted by atomic mass is 16.3. The number of hydrogen-bond donors (Lipinski definition) is 4. The lowest BCUT2D eigenvalue weighted by Crippen LogP contribution is -2.19. The first-order chi connectivity index (χ1) is 12.1. The Morgan fingerprint density at radius 1 is 0.960 bits per heavy atom. The second kappa shape index (κ2) is 6.79. The number of nitrogens with zero attached hydrogens (tertiary/aromatic N) is 2. The van der Waals surface area contributed by atoms with Crippen molar-refractivity contribution in [3.05, 3.63) is 72.1 Å². The first-order valence-corrected chi connectivity index (χ1v) is 7.37. The molecular weight excluding hydrogens is 322 g/mol. The number of phenolic OH excluding ortho intramolecular Hbond substituents is 3. The average molecular weight is 337 g/mol. The summed E-state index contributed by atoms with van der Waals surface area (Å²) in [6.07, 6.45) is 4.82. The molecule has 1 aromatic heterocycles. The highest BCUT2D eigenvalue weighted by Gasteiger charge is 2.11. The van der Waals surface area contributed by atoms with Crippen LogP contribution in [0.25, 0.3) is 5.69 Å². The molecule has 0 bridgehead atoms. The molecule has 0 unspecified atom stereocenters. The van der Waals surface area contributed by atoms with Crippen molar-refractivity contribution in [1.29, 1.82) is 0 Å². The van der Waals surface area contributed by atoms with Gasteiger partial charge in [0.05, 0.1) is 17.5 Å². The van der Waals surface area contributed by atoms with Crippen LogP contribution >= 0.6 is 0 Å². The van der Waals surface area contributed by atoms with E-state index in [0.717, 1.165) is 12.1 Å². The summed E-state index contributed by atoms with van der Waals surface area (Å²) < 4.78 is 1.81. The zero-order chi connectivity index (χ0) is 17.8. The van der Waals surface area contributed by atoms with E-state index in [2.05, 4.69) is 10.5 Å². The summed E-state index contributed by atoms with van der Waals surface area (Å²) in [5.41, 5.74) is 3.64. The van der Waals surface area contributed by atoms with E-state index in [1.807, 2.05) is 41.2 Å². The van der Waals surface area contributed by atoms with Crippen LogP contribution in [-0.4, -0.2) is 32.0 Å². The van der Waals surface area contributed by atoms with Gasteiger partial charge < -0.3 is 19.9 Å². The van der Waals surface area contributed by atoms with Crippen molar-refractivity contribution in [3.8, 4) is 22.9 Å². The highest BCUT2D eigenvalue weighted by Crippen LogP contribution is 2.31. The third-order valence-electron chi connectivity index (χ3n) is 3.52. The van der Waals surface area contributed by atoms with Crippen molar-refractivity contribution in [3.63, 3.8) is 0 Å². The second-order valence-electron chi connectivity index (χ2n) is 5.21. The summed E-state index contributed by atoms with van der Waals surface area (Å²) in [7, 11) is 0. The fraction of sp³-hybridized carbons (Fsp3) is 0. The number of para-hydroxylation sites is 1. The van der Waals surface area contributed by atoms with Gasteiger partial charge >= 0.3 is 0 Å². The third kappa shape index (κ3) is 3.45. The monoisotopic (exact) mass is 337 g/mol. The van der Waals surface area contributed by atoms with Crippen molar-refractivity contribution < 1.29 is 20.1 Å². The van der Waals surface area contributed by atoms with Crippen LogP contribution in [-0.2, 0) is 0 Å². The number of phenols is 3. The Morgan fingerprint density at radius 2 is 1.64 bits per heavy atom. The van der Waals surface area contributed by atoms with Gasteiger partial charge in [0.1, 0.15) is 5.75 Å². The molecule has 0 radical (unpaired) electrons. The van der Waals surface area contributed by atoms with E-state index in [1.54, 1.807) is 12.1 Å². The summed E-state index contributed by atoms with van der Waals surface area (Å²) in [4.78, 5) is 12.4. The van der Waals surface area contributed by atoms with Gasteiger partial charge in [-0.3, -0.25) is 4.79 Å². The molecule has 126 valence electrons. The first-order valence-electron chi connectivity index (χ1n) is 7.37. The van der Waals surface area contributed by atoms with E-state index in [0.29, 0.717) is 11.3 Å². The lowest BCUT2D eigenvalue weighted by Gasteiger charge is -2.09. The predicted octanol–water partition coefficient (Wildman–Crippen LogP) is 2.36. The van der Waals surface area contributed by atoms with Crippen LogP contribution in [0.2, 0.25) is 0 Å². The minimum absolute atomic E-state index is 0.147. The highest BCUT2D eigenvalue weighted by molar-refractivity contribution is 5.98. The van der Waals surface area contributed by atoms with E-state index in [4.69, 9.17) is 0 Å². The van der Waals surface area contributed by atoms with Crippen molar-refractivity contribution in [1.82, 2.24) is 9.99 Å². The summed E-state index contributed by atoms with van der Waals surface area (Å²) >= 11 is 0. The molecule has 7 heteroatoms. The Morgan fingerprint density at radius 3 is 2.40 bits per heavy atom. The van der Waals surface area contributed by atoms with Gasteiger partial charge in [-0.2, -0.15) is 5.10 Å². The Kier molecular flexibility index (Phi) is 4.38. The maximum Gasteiger partial charge on any atom is 0.273 e. The van der Waals surface area contributed by atoms with Crippen molar-refractivity contribution in [2.75, 3.05) is 0 Å². The van der Waals surface area contributed by atoms with E-state index in [1.165, 1.54) is 6.21 Å². The van der Waals surface area contributed by atoms with E-state index in [9.17, 15) is 20.1 Å². The number of amides is 1. The van der Waals surface area contributed by atoms with Crippen LogP contribution < -0.4 is 5.43 Å². The second-order valence-corrected chi connectivity index (χ2v) is 5.21. The van der Waals surface area contributed by atoms with Crippen LogP contribution in [0.5, 0.6) is 17.2 Å². The minimum atomic E-state index is -0.445. The average Bonchev–Trinajstić information content (AvgIpc) is 3.13. The lowest BCUT2D eigenvalue weighted by molar-refractivity contribution is 0.0955. The molecule has 25 heavy (non-hydrogen) atoms. The zero-order valence-electron chi connectivity index (χ0n) is 13.0. The number of benzene rings is 2. The molecule has 1 heterocycles. The minimum Gasteiger partial charge on any atom is -0.507 e. The zero-order valence-corrected chi connectivity index (χ0v) is 13.0. The molecule has 0 saturated heterocycles. The van der Waals surface area contributed by atoms with Crippen molar-refractivity contribution in [2.24, 2.45) is 5.10 Å². The number of hydrazone groups is 1. The van der Waals surface area contributed by atoms with Crippen LogP contribution in [0.4, 0.5) is 0 Å².